The van der Waals surface area contributed by atoms with E-state index in [2.05, 4.69) is 5.32 Å². The summed E-state index contributed by atoms with van der Waals surface area (Å²) in [5.74, 6) is -0.510. The van der Waals surface area contributed by atoms with Crippen LogP contribution in [0.25, 0.3) is 0 Å². The van der Waals surface area contributed by atoms with Crippen molar-refractivity contribution in [3.8, 4) is 5.75 Å². The van der Waals surface area contributed by atoms with Crippen molar-refractivity contribution < 1.29 is 22.7 Å². The third-order valence-corrected chi connectivity index (χ3v) is 9.12. The first kappa shape index (κ1) is 29.4. The van der Waals surface area contributed by atoms with Gasteiger partial charge in [-0.25, -0.2) is 8.42 Å². The number of ether oxygens (including phenoxy) is 1. The highest BCUT2D eigenvalue weighted by Crippen LogP contribution is 2.32. The molecule has 1 atom stereocenters. The van der Waals surface area contributed by atoms with Crippen LogP contribution in [0.15, 0.2) is 83.8 Å². The molecule has 10 heteroatoms. The number of carbonyl (C=O) groups excluding carboxylic acids is 2. The largest absolute Gasteiger partial charge is 0.495 e. The molecule has 0 heterocycles. The predicted molar refractivity (Wildman–Crippen MR) is 156 cm³/mol. The van der Waals surface area contributed by atoms with E-state index in [0.717, 1.165) is 35.6 Å². The Kier molecular flexibility index (Phi) is 9.71. The Bertz CT molecular complexity index is 1410. The maximum Gasteiger partial charge on any atom is 0.264 e. The molecular formula is C30H34ClN3O5S. The molecule has 2 amide bonds. The lowest BCUT2D eigenvalue weighted by atomic mass is 10.1. The van der Waals surface area contributed by atoms with E-state index >= 15 is 0 Å². The van der Waals surface area contributed by atoms with Crippen molar-refractivity contribution in [1.29, 1.82) is 0 Å². The van der Waals surface area contributed by atoms with Crippen LogP contribution in [0.2, 0.25) is 5.02 Å². The number of anilines is 1. The maximum atomic E-state index is 14.0. The van der Waals surface area contributed by atoms with Gasteiger partial charge in [-0.15, -0.1) is 0 Å². The fraction of sp³-hybridized carbons (Fsp3) is 0.333. The molecule has 8 nitrogen and oxygen atoms in total. The molecule has 3 aromatic rings. The van der Waals surface area contributed by atoms with Gasteiger partial charge >= 0.3 is 0 Å². The van der Waals surface area contributed by atoms with Crippen molar-refractivity contribution in [3.05, 3.63) is 89.4 Å². The quantitative estimate of drug-likeness (QED) is 0.342. The minimum Gasteiger partial charge on any atom is -0.495 e. The lowest BCUT2D eigenvalue weighted by Gasteiger charge is -2.32. The van der Waals surface area contributed by atoms with E-state index < -0.39 is 28.5 Å². The summed E-state index contributed by atoms with van der Waals surface area (Å²) in [6, 6.07) is 20.8. The first-order chi connectivity index (χ1) is 19.2. The van der Waals surface area contributed by atoms with E-state index in [4.69, 9.17) is 16.3 Å². The van der Waals surface area contributed by atoms with E-state index in [1.807, 2.05) is 0 Å². The number of nitrogens with zero attached hydrogens (tertiary/aromatic N) is 2. The predicted octanol–water partition coefficient (Wildman–Crippen LogP) is 5.02. The summed E-state index contributed by atoms with van der Waals surface area (Å²) in [7, 11) is -2.73. The van der Waals surface area contributed by atoms with Gasteiger partial charge in [0.15, 0.2) is 0 Å². The van der Waals surface area contributed by atoms with Crippen LogP contribution in [0, 0.1) is 0 Å². The number of amides is 2. The molecular weight excluding hydrogens is 550 g/mol. The monoisotopic (exact) mass is 583 g/mol. The van der Waals surface area contributed by atoms with Gasteiger partial charge in [0.2, 0.25) is 11.8 Å². The van der Waals surface area contributed by atoms with Gasteiger partial charge in [-0.05, 0) is 61.7 Å². The summed E-state index contributed by atoms with van der Waals surface area (Å²) < 4.78 is 34.3. The van der Waals surface area contributed by atoms with Crippen LogP contribution in [-0.4, -0.2) is 50.9 Å². The smallest absolute Gasteiger partial charge is 0.264 e. The van der Waals surface area contributed by atoms with Gasteiger partial charge in [-0.2, -0.15) is 0 Å². The molecule has 3 aromatic carbocycles. The molecule has 0 spiro atoms. The van der Waals surface area contributed by atoms with Crippen molar-refractivity contribution in [3.63, 3.8) is 0 Å². The van der Waals surface area contributed by atoms with E-state index in [-0.39, 0.29) is 29.1 Å². The summed E-state index contributed by atoms with van der Waals surface area (Å²) in [6.45, 7) is 1.23. The number of benzene rings is 3. The first-order valence-electron chi connectivity index (χ1n) is 13.3. The number of rotatable bonds is 11. The summed E-state index contributed by atoms with van der Waals surface area (Å²) in [6.07, 6.45) is 3.91. The van der Waals surface area contributed by atoms with E-state index in [9.17, 15) is 18.0 Å². The number of halogens is 1. The second-order valence-electron chi connectivity index (χ2n) is 9.81. The Morgan fingerprint density at radius 3 is 2.25 bits per heavy atom. The molecule has 1 aliphatic carbocycles. The summed E-state index contributed by atoms with van der Waals surface area (Å²) in [4.78, 5) is 28.8. The molecule has 4 rings (SSSR count). The highest BCUT2D eigenvalue weighted by Gasteiger charge is 2.34. The van der Waals surface area contributed by atoms with Crippen LogP contribution in [0.4, 0.5) is 5.69 Å². The third-order valence-electron chi connectivity index (χ3n) is 7.10. The van der Waals surface area contributed by atoms with Crippen molar-refractivity contribution in [2.75, 3.05) is 18.0 Å². The van der Waals surface area contributed by atoms with Crippen LogP contribution in [0.1, 0.15) is 38.2 Å². The number of hydrogen-bond acceptors (Lipinski definition) is 5. The molecule has 1 N–H and O–H groups in total. The van der Waals surface area contributed by atoms with E-state index in [0.29, 0.717) is 10.8 Å². The van der Waals surface area contributed by atoms with Gasteiger partial charge in [0.1, 0.15) is 18.3 Å². The van der Waals surface area contributed by atoms with Gasteiger partial charge in [-0.3, -0.25) is 13.9 Å². The minimum atomic E-state index is -4.17. The lowest BCUT2D eigenvalue weighted by Crippen LogP contribution is -2.52. The van der Waals surface area contributed by atoms with Gasteiger partial charge < -0.3 is 15.0 Å². The Morgan fingerprint density at radius 1 is 0.975 bits per heavy atom. The third kappa shape index (κ3) is 6.95. The van der Waals surface area contributed by atoms with E-state index in [1.165, 1.54) is 24.1 Å². The second kappa shape index (κ2) is 13.2. The van der Waals surface area contributed by atoms with Crippen LogP contribution in [0.5, 0.6) is 5.75 Å². The van der Waals surface area contributed by atoms with Gasteiger partial charge in [0.25, 0.3) is 10.0 Å². The second-order valence-corrected chi connectivity index (χ2v) is 12.1. The topological polar surface area (TPSA) is 96.0 Å². The SMILES string of the molecule is COc1ccccc1N(CC(=O)N(Cc1ccc(Cl)cc1)[C@H](C)C(=O)NC1CCCC1)S(=O)(=O)c1ccccc1. The summed E-state index contributed by atoms with van der Waals surface area (Å²) in [5.41, 5.74) is 0.977. The summed E-state index contributed by atoms with van der Waals surface area (Å²) >= 11 is 6.06. The summed E-state index contributed by atoms with van der Waals surface area (Å²) in [5, 5.41) is 3.61. The fourth-order valence-electron chi connectivity index (χ4n) is 4.83. The van der Waals surface area contributed by atoms with Crippen molar-refractivity contribution in [2.45, 2.75) is 56.1 Å². The minimum absolute atomic E-state index is 0.0324. The molecule has 1 fully saturated rings. The molecule has 0 saturated heterocycles. The molecule has 1 aliphatic rings. The molecule has 40 heavy (non-hydrogen) atoms. The fourth-order valence-corrected chi connectivity index (χ4v) is 6.40. The number of sulfonamides is 1. The molecule has 0 unspecified atom stereocenters. The number of para-hydroxylation sites is 2. The van der Waals surface area contributed by atoms with Crippen LogP contribution >= 0.6 is 11.6 Å². The number of methoxy groups -OCH3 is 1. The zero-order valence-corrected chi connectivity index (χ0v) is 24.2. The lowest BCUT2D eigenvalue weighted by molar-refractivity contribution is -0.139. The Hall–Kier alpha value is -3.56. The molecule has 0 aliphatic heterocycles. The zero-order valence-electron chi connectivity index (χ0n) is 22.6. The average Bonchev–Trinajstić information content (AvgIpc) is 3.48. The standard InChI is InChI=1S/C30H34ClN3O5S/c1-22(30(36)32-25-10-6-7-11-25)33(20-23-16-18-24(31)19-17-23)29(35)21-34(27-14-8-9-15-28(27)39-2)40(37,38)26-12-4-3-5-13-26/h3-5,8-9,12-19,22,25H,6-7,10-11,20-21H2,1-2H3,(H,32,36)/t22-/m1/s1. The van der Waals surface area contributed by atoms with Gasteiger partial charge in [0.05, 0.1) is 17.7 Å². The molecule has 212 valence electrons. The Balaban J connectivity index is 1.70. The number of nitrogens with one attached hydrogen (secondary N) is 1. The average molecular weight is 584 g/mol. The number of hydrogen-bond donors (Lipinski definition) is 1. The Morgan fingerprint density at radius 2 is 1.60 bits per heavy atom. The first-order valence-corrected chi connectivity index (χ1v) is 15.1. The van der Waals surface area contributed by atoms with E-state index in [1.54, 1.807) is 73.7 Å². The van der Waals surface area contributed by atoms with Gasteiger partial charge in [0, 0.05) is 17.6 Å². The van der Waals surface area contributed by atoms with Crippen molar-refractivity contribution >= 4 is 39.1 Å². The number of carbonyl (C=O) groups is 2. The van der Waals surface area contributed by atoms with Gasteiger partial charge in [-0.1, -0.05) is 66.9 Å². The molecule has 1 saturated carbocycles. The van der Waals surface area contributed by atoms with Crippen molar-refractivity contribution in [2.24, 2.45) is 0 Å². The zero-order chi connectivity index (χ0) is 28.7. The van der Waals surface area contributed by atoms with Crippen LogP contribution in [0.3, 0.4) is 0 Å². The maximum absolute atomic E-state index is 14.0. The highest BCUT2D eigenvalue weighted by molar-refractivity contribution is 7.92. The molecule has 0 bridgehead atoms. The molecule has 0 radical (unpaired) electrons. The highest BCUT2D eigenvalue weighted by atomic mass is 35.5. The molecule has 0 aromatic heterocycles. The Labute approximate surface area is 240 Å². The van der Waals surface area contributed by atoms with Crippen LogP contribution < -0.4 is 14.4 Å². The normalized spacial score (nSPS) is 14.4. The van der Waals surface area contributed by atoms with Crippen LogP contribution in [-0.2, 0) is 26.2 Å². The van der Waals surface area contributed by atoms with Crippen molar-refractivity contribution in [1.82, 2.24) is 10.2 Å².